The molecule has 0 radical (unpaired) electrons. The van der Waals surface area contributed by atoms with Crippen LogP contribution in [0.25, 0.3) is 10.9 Å². The summed E-state index contributed by atoms with van der Waals surface area (Å²) in [6.07, 6.45) is 1.34. The van der Waals surface area contributed by atoms with E-state index in [0.29, 0.717) is 22.3 Å². The van der Waals surface area contributed by atoms with Crippen LogP contribution < -0.4 is 15.0 Å². The molecule has 0 amide bonds. The lowest BCUT2D eigenvalue weighted by Gasteiger charge is -2.12. The third kappa shape index (κ3) is 5.41. The van der Waals surface area contributed by atoms with Crippen molar-refractivity contribution in [3.8, 4) is 11.5 Å². The number of methoxy groups -OCH3 is 1. The van der Waals surface area contributed by atoms with Crippen LogP contribution in [0, 0.1) is 17.0 Å². The minimum atomic E-state index is -0.552. The predicted molar refractivity (Wildman–Crippen MR) is 140 cm³/mol. The van der Waals surface area contributed by atoms with Crippen molar-refractivity contribution >= 4 is 54.7 Å². The smallest absolute Gasteiger partial charge is 0.315 e. The van der Waals surface area contributed by atoms with Crippen LogP contribution >= 0.6 is 31.9 Å². The minimum Gasteiger partial charge on any atom is -0.493 e. The largest absolute Gasteiger partial charge is 0.493 e. The number of nitrogens with zero attached hydrogens (tertiary/aromatic N) is 4. The average Bonchev–Trinajstić information content (AvgIpc) is 2.84. The van der Waals surface area contributed by atoms with Gasteiger partial charge >= 0.3 is 5.69 Å². The van der Waals surface area contributed by atoms with Crippen LogP contribution in [-0.2, 0) is 6.61 Å². The normalized spacial score (nSPS) is 11.2. The fourth-order valence-corrected chi connectivity index (χ4v) is 4.00. The van der Waals surface area contributed by atoms with Gasteiger partial charge in [0.1, 0.15) is 12.4 Å². The highest BCUT2D eigenvalue weighted by Gasteiger charge is 2.22. The highest BCUT2D eigenvalue weighted by atomic mass is 79.9. The van der Waals surface area contributed by atoms with Crippen molar-refractivity contribution in [2.45, 2.75) is 13.5 Å². The number of rotatable bonds is 7. The van der Waals surface area contributed by atoms with Crippen LogP contribution in [0.15, 0.2) is 73.4 Å². The van der Waals surface area contributed by atoms with Crippen molar-refractivity contribution in [3.05, 3.63) is 101 Å². The van der Waals surface area contributed by atoms with Gasteiger partial charge in [0.25, 0.3) is 5.56 Å². The summed E-state index contributed by atoms with van der Waals surface area (Å²) in [6.45, 7) is 1.77. The zero-order chi connectivity index (χ0) is 25.1. The molecule has 0 saturated carbocycles. The molecule has 0 aliphatic rings. The first-order valence-corrected chi connectivity index (χ1v) is 11.8. The van der Waals surface area contributed by atoms with Gasteiger partial charge in [0.15, 0.2) is 5.75 Å². The molecule has 0 aliphatic carbocycles. The van der Waals surface area contributed by atoms with Gasteiger partial charge in [0.05, 0.1) is 29.2 Å². The van der Waals surface area contributed by atoms with E-state index in [9.17, 15) is 14.9 Å². The molecule has 0 bridgehead atoms. The predicted octanol–water partition coefficient (Wildman–Crippen LogP) is 5.61. The minimum absolute atomic E-state index is 0.00291. The van der Waals surface area contributed by atoms with E-state index < -0.39 is 4.92 Å². The highest BCUT2D eigenvalue weighted by molar-refractivity contribution is 9.10. The van der Waals surface area contributed by atoms with Crippen LogP contribution in [0.2, 0.25) is 0 Å². The van der Waals surface area contributed by atoms with E-state index in [2.05, 4.69) is 41.9 Å². The van der Waals surface area contributed by atoms with Gasteiger partial charge in [-0.2, -0.15) is 9.78 Å². The quantitative estimate of drug-likeness (QED) is 0.155. The van der Waals surface area contributed by atoms with E-state index in [1.165, 1.54) is 19.4 Å². The molecule has 35 heavy (non-hydrogen) atoms. The van der Waals surface area contributed by atoms with E-state index >= 15 is 0 Å². The van der Waals surface area contributed by atoms with Crippen molar-refractivity contribution in [2.24, 2.45) is 5.10 Å². The lowest BCUT2D eigenvalue weighted by atomic mass is 10.1. The Hall–Kier alpha value is -3.57. The number of halogens is 2. The zero-order valence-corrected chi connectivity index (χ0v) is 21.7. The standard InChI is InChI=1S/C24H18Br2N4O5/c1-14-28-20-8-7-18(26)11-19(20)24(31)29(14)27-12-16-9-21(30(32)33)23(22(10-16)34-2)35-13-15-3-5-17(25)6-4-15/h3-12H,13H2,1-2H3. The van der Waals surface area contributed by atoms with Crippen LogP contribution in [0.1, 0.15) is 17.0 Å². The van der Waals surface area contributed by atoms with Gasteiger partial charge in [0, 0.05) is 20.6 Å². The Kier molecular flexibility index (Phi) is 7.27. The van der Waals surface area contributed by atoms with Crippen LogP contribution in [0.4, 0.5) is 5.69 Å². The third-order valence-electron chi connectivity index (χ3n) is 5.06. The summed E-state index contributed by atoms with van der Waals surface area (Å²) in [5.74, 6) is 0.544. The van der Waals surface area contributed by atoms with E-state index in [1.54, 1.807) is 31.2 Å². The molecule has 11 heteroatoms. The molecule has 1 aromatic heterocycles. The maximum absolute atomic E-state index is 12.9. The molecule has 0 saturated heterocycles. The van der Waals surface area contributed by atoms with Gasteiger partial charge in [-0.3, -0.25) is 14.9 Å². The Bertz CT molecular complexity index is 1520. The molecule has 0 N–H and O–H groups in total. The first-order valence-electron chi connectivity index (χ1n) is 10.2. The van der Waals surface area contributed by atoms with Gasteiger partial charge in [-0.05, 0) is 48.9 Å². The summed E-state index contributed by atoms with van der Waals surface area (Å²) in [5.41, 5.74) is 1.09. The van der Waals surface area contributed by atoms with Crippen molar-refractivity contribution in [3.63, 3.8) is 0 Å². The number of benzene rings is 3. The Balaban J connectivity index is 1.70. The fourth-order valence-electron chi connectivity index (χ4n) is 3.37. The molecule has 0 fully saturated rings. The van der Waals surface area contributed by atoms with Gasteiger partial charge in [-0.1, -0.05) is 44.0 Å². The topological polar surface area (TPSA) is 109 Å². The van der Waals surface area contributed by atoms with Gasteiger partial charge in [0.2, 0.25) is 5.75 Å². The number of ether oxygens (including phenoxy) is 2. The first kappa shape index (κ1) is 24.6. The number of aryl methyl sites for hydroxylation is 1. The second-order valence-corrected chi connectivity index (χ2v) is 9.26. The third-order valence-corrected chi connectivity index (χ3v) is 6.08. The summed E-state index contributed by atoms with van der Waals surface area (Å²) in [5, 5.41) is 16.4. The molecular formula is C24H18Br2N4O5. The van der Waals surface area contributed by atoms with E-state index in [4.69, 9.17) is 9.47 Å². The summed E-state index contributed by atoms with van der Waals surface area (Å²) < 4.78 is 13.9. The monoisotopic (exact) mass is 600 g/mol. The second kappa shape index (κ2) is 10.4. The highest BCUT2D eigenvalue weighted by Crippen LogP contribution is 2.38. The second-order valence-electron chi connectivity index (χ2n) is 7.43. The number of nitro groups is 1. The lowest BCUT2D eigenvalue weighted by Crippen LogP contribution is -2.20. The molecule has 0 aliphatic heterocycles. The number of fused-ring (bicyclic) bond motifs is 1. The van der Waals surface area contributed by atoms with Gasteiger partial charge in [-0.15, -0.1) is 0 Å². The van der Waals surface area contributed by atoms with Crippen molar-refractivity contribution in [1.29, 1.82) is 0 Å². The van der Waals surface area contributed by atoms with Crippen molar-refractivity contribution < 1.29 is 14.4 Å². The van der Waals surface area contributed by atoms with Crippen LogP contribution in [0.3, 0.4) is 0 Å². The lowest BCUT2D eigenvalue weighted by molar-refractivity contribution is -0.386. The first-order chi connectivity index (χ1) is 16.8. The maximum Gasteiger partial charge on any atom is 0.315 e. The van der Waals surface area contributed by atoms with Crippen molar-refractivity contribution in [2.75, 3.05) is 7.11 Å². The molecule has 9 nitrogen and oxygen atoms in total. The number of nitro benzene ring substituents is 1. The average molecular weight is 602 g/mol. The summed E-state index contributed by atoms with van der Waals surface area (Å²) in [6, 6.07) is 15.5. The van der Waals surface area contributed by atoms with Crippen LogP contribution in [-0.4, -0.2) is 27.9 Å². The Morgan fingerprint density at radius 2 is 1.83 bits per heavy atom. The van der Waals surface area contributed by atoms with Gasteiger partial charge < -0.3 is 9.47 Å². The van der Waals surface area contributed by atoms with Gasteiger partial charge in [-0.25, -0.2) is 4.98 Å². The number of hydrogen-bond donors (Lipinski definition) is 0. The Morgan fingerprint density at radius 1 is 1.11 bits per heavy atom. The maximum atomic E-state index is 12.9. The molecule has 4 aromatic rings. The zero-order valence-electron chi connectivity index (χ0n) is 18.6. The molecule has 3 aromatic carbocycles. The molecular weight excluding hydrogens is 584 g/mol. The van der Waals surface area contributed by atoms with E-state index in [-0.39, 0.29) is 29.4 Å². The molecule has 178 valence electrons. The molecule has 4 rings (SSSR count). The Labute approximate surface area is 216 Å². The Morgan fingerprint density at radius 3 is 2.51 bits per heavy atom. The van der Waals surface area contributed by atoms with E-state index in [1.807, 2.05) is 24.3 Å². The molecule has 0 unspecified atom stereocenters. The molecule has 0 atom stereocenters. The van der Waals surface area contributed by atoms with Crippen molar-refractivity contribution in [1.82, 2.24) is 9.66 Å². The summed E-state index contributed by atoms with van der Waals surface area (Å²) >= 11 is 6.72. The van der Waals surface area contributed by atoms with E-state index in [0.717, 1.165) is 19.2 Å². The summed E-state index contributed by atoms with van der Waals surface area (Å²) in [7, 11) is 1.40. The van der Waals surface area contributed by atoms with Crippen LogP contribution in [0.5, 0.6) is 11.5 Å². The molecule has 1 heterocycles. The fraction of sp³-hybridized carbons (Fsp3) is 0.125. The molecule has 0 spiro atoms. The summed E-state index contributed by atoms with van der Waals surface area (Å²) in [4.78, 5) is 28.6. The number of aromatic nitrogens is 2. The SMILES string of the molecule is COc1cc(C=Nn2c(C)nc3ccc(Br)cc3c2=O)cc([N+](=O)[O-])c1OCc1ccc(Br)cc1. The number of hydrogen-bond acceptors (Lipinski definition) is 7.